The topological polar surface area (TPSA) is 57.5 Å². The summed E-state index contributed by atoms with van der Waals surface area (Å²) in [6.45, 7) is 1.73. The molecular weight excluding hydrogens is 180 g/mol. The number of aliphatic hydroxyl groups excluding tert-OH is 1. The van der Waals surface area contributed by atoms with Crippen LogP contribution in [0.5, 0.6) is 0 Å². The SMILES string of the molecule is CC(CC(=O)O)C(O)c1ccccc1. The molecule has 14 heavy (non-hydrogen) atoms. The van der Waals surface area contributed by atoms with E-state index in [1.54, 1.807) is 19.1 Å². The van der Waals surface area contributed by atoms with Crippen LogP contribution in [0.2, 0.25) is 0 Å². The summed E-state index contributed by atoms with van der Waals surface area (Å²) < 4.78 is 0. The van der Waals surface area contributed by atoms with E-state index in [0.717, 1.165) is 5.56 Å². The van der Waals surface area contributed by atoms with E-state index in [9.17, 15) is 9.90 Å². The molecule has 0 heterocycles. The lowest BCUT2D eigenvalue weighted by Gasteiger charge is -2.17. The molecule has 0 aliphatic rings. The fraction of sp³-hybridized carbons (Fsp3) is 0.364. The van der Waals surface area contributed by atoms with Gasteiger partial charge in [0.05, 0.1) is 12.5 Å². The highest BCUT2D eigenvalue weighted by Gasteiger charge is 2.18. The van der Waals surface area contributed by atoms with Gasteiger partial charge in [-0.1, -0.05) is 37.3 Å². The molecule has 1 rings (SSSR count). The molecule has 0 bridgehead atoms. The smallest absolute Gasteiger partial charge is 0.303 e. The van der Waals surface area contributed by atoms with Gasteiger partial charge >= 0.3 is 5.97 Å². The van der Waals surface area contributed by atoms with Crippen LogP contribution in [-0.2, 0) is 4.79 Å². The number of hydrogen-bond donors (Lipinski definition) is 2. The van der Waals surface area contributed by atoms with Crippen LogP contribution < -0.4 is 0 Å². The van der Waals surface area contributed by atoms with Gasteiger partial charge in [-0.3, -0.25) is 4.79 Å². The van der Waals surface area contributed by atoms with Crippen molar-refractivity contribution in [2.45, 2.75) is 19.4 Å². The van der Waals surface area contributed by atoms with Gasteiger partial charge < -0.3 is 10.2 Å². The first kappa shape index (κ1) is 10.7. The lowest BCUT2D eigenvalue weighted by Crippen LogP contribution is -2.13. The predicted octanol–water partition coefficient (Wildman–Crippen LogP) is 1.83. The Morgan fingerprint density at radius 3 is 2.43 bits per heavy atom. The van der Waals surface area contributed by atoms with Crippen LogP contribution >= 0.6 is 0 Å². The minimum atomic E-state index is -0.882. The summed E-state index contributed by atoms with van der Waals surface area (Å²) in [5.41, 5.74) is 0.765. The summed E-state index contributed by atoms with van der Waals surface area (Å²) in [5.74, 6) is -1.15. The Hall–Kier alpha value is -1.35. The van der Waals surface area contributed by atoms with Crippen LogP contribution in [0.15, 0.2) is 30.3 Å². The molecule has 0 radical (unpaired) electrons. The average molecular weight is 194 g/mol. The van der Waals surface area contributed by atoms with Crippen molar-refractivity contribution >= 4 is 5.97 Å². The van der Waals surface area contributed by atoms with E-state index < -0.39 is 12.1 Å². The highest BCUT2D eigenvalue weighted by molar-refractivity contribution is 5.67. The summed E-state index contributed by atoms with van der Waals surface area (Å²) in [6, 6.07) is 9.10. The first-order chi connectivity index (χ1) is 6.61. The van der Waals surface area contributed by atoms with Crippen molar-refractivity contribution in [2.24, 2.45) is 5.92 Å². The van der Waals surface area contributed by atoms with Gasteiger partial charge in [0.25, 0.3) is 0 Å². The second-order valence-corrected chi connectivity index (χ2v) is 3.43. The maximum absolute atomic E-state index is 10.4. The van der Waals surface area contributed by atoms with E-state index in [2.05, 4.69) is 0 Å². The Balaban J connectivity index is 2.65. The van der Waals surface area contributed by atoms with Crippen LogP contribution in [0.1, 0.15) is 25.0 Å². The molecular formula is C11H14O3. The van der Waals surface area contributed by atoms with Gasteiger partial charge in [-0.25, -0.2) is 0 Å². The number of carboxylic acids is 1. The molecule has 76 valence electrons. The molecule has 1 aromatic rings. The van der Waals surface area contributed by atoms with Gasteiger partial charge in [-0.2, -0.15) is 0 Å². The van der Waals surface area contributed by atoms with Crippen LogP contribution in [-0.4, -0.2) is 16.2 Å². The summed E-state index contributed by atoms with van der Waals surface area (Å²) in [5, 5.41) is 18.3. The van der Waals surface area contributed by atoms with E-state index >= 15 is 0 Å². The predicted molar refractivity (Wildman–Crippen MR) is 52.8 cm³/mol. The number of hydrogen-bond acceptors (Lipinski definition) is 2. The van der Waals surface area contributed by atoms with Crippen molar-refractivity contribution in [3.05, 3.63) is 35.9 Å². The Morgan fingerprint density at radius 1 is 1.36 bits per heavy atom. The van der Waals surface area contributed by atoms with Gasteiger partial charge in [-0.15, -0.1) is 0 Å². The molecule has 0 fully saturated rings. The Morgan fingerprint density at radius 2 is 1.93 bits per heavy atom. The zero-order valence-electron chi connectivity index (χ0n) is 8.05. The molecule has 3 nitrogen and oxygen atoms in total. The number of aliphatic hydroxyl groups is 1. The Kier molecular flexibility index (Phi) is 3.65. The molecule has 2 N–H and O–H groups in total. The number of rotatable bonds is 4. The van der Waals surface area contributed by atoms with Gasteiger partial charge in [0, 0.05) is 0 Å². The third-order valence-corrected chi connectivity index (χ3v) is 2.18. The zero-order chi connectivity index (χ0) is 10.6. The van der Waals surface area contributed by atoms with Gasteiger partial charge in [-0.05, 0) is 11.5 Å². The van der Waals surface area contributed by atoms with Gasteiger partial charge in [0.1, 0.15) is 0 Å². The zero-order valence-corrected chi connectivity index (χ0v) is 8.05. The summed E-state index contributed by atoms with van der Waals surface area (Å²) in [4.78, 5) is 10.4. The number of aliphatic carboxylic acids is 1. The largest absolute Gasteiger partial charge is 0.481 e. The molecule has 0 aromatic heterocycles. The molecule has 0 aliphatic carbocycles. The lowest BCUT2D eigenvalue weighted by atomic mass is 9.95. The number of carboxylic acid groups (broad SMARTS) is 1. The normalized spacial score (nSPS) is 14.7. The number of carbonyl (C=O) groups is 1. The second kappa shape index (κ2) is 4.77. The standard InChI is InChI=1S/C11H14O3/c1-8(7-10(12)13)11(14)9-5-3-2-4-6-9/h2-6,8,11,14H,7H2,1H3,(H,12,13). The van der Waals surface area contributed by atoms with Gasteiger partial charge in [0.15, 0.2) is 0 Å². The number of benzene rings is 1. The summed E-state index contributed by atoms with van der Waals surface area (Å²) in [7, 11) is 0. The quantitative estimate of drug-likeness (QED) is 0.768. The first-order valence-electron chi connectivity index (χ1n) is 4.56. The fourth-order valence-electron chi connectivity index (χ4n) is 1.37. The highest BCUT2D eigenvalue weighted by Crippen LogP contribution is 2.23. The molecule has 0 spiro atoms. The second-order valence-electron chi connectivity index (χ2n) is 3.43. The van der Waals surface area contributed by atoms with Crippen molar-refractivity contribution in [1.29, 1.82) is 0 Å². The fourth-order valence-corrected chi connectivity index (χ4v) is 1.37. The molecule has 3 heteroatoms. The van der Waals surface area contributed by atoms with E-state index in [1.165, 1.54) is 0 Å². The third-order valence-electron chi connectivity index (χ3n) is 2.18. The first-order valence-corrected chi connectivity index (χ1v) is 4.56. The van der Waals surface area contributed by atoms with Crippen molar-refractivity contribution in [3.63, 3.8) is 0 Å². The molecule has 2 atom stereocenters. The van der Waals surface area contributed by atoms with Crippen molar-refractivity contribution in [2.75, 3.05) is 0 Å². The van der Waals surface area contributed by atoms with Crippen molar-refractivity contribution in [1.82, 2.24) is 0 Å². The molecule has 0 saturated carbocycles. The van der Waals surface area contributed by atoms with Crippen molar-refractivity contribution in [3.8, 4) is 0 Å². The third kappa shape index (κ3) is 2.85. The van der Waals surface area contributed by atoms with E-state index in [-0.39, 0.29) is 12.3 Å². The Labute approximate surface area is 83.0 Å². The molecule has 2 unspecified atom stereocenters. The molecule has 0 aliphatic heterocycles. The highest BCUT2D eigenvalue weighted by atomic mass is 16.4. The maximum Gasteiger partial charge on any atom is 0.303 e. The Bertz CT molecular complexity index is 295. The van der Waals surface area contributed by atoms with E-state index in [4.69, 9.17) is 5.11 Å². The molecule has 0 amide bonds. The average Bonchev–Trinajstić information content (AvgIpc) is 2.17. The van der Waals surface area contributed by atoms with Gasteiger partial charge in [0.2, 0.25) is 0 Å². The van der Waals surface area contributed by atoms with Crippen LogP contribution in [0, 0.1) is 5.92 Å². The summed E-state index contributed by atoms with van der Waals surface area (Å²) in [6.07, 6.45) is -0.719. The maximum atomic E-state index is 10.4. The monoisotopic (exact) mass is 194 g/mol. The minimum absolute atomic E-state index is 0.0178. The van der Waals surface area contributed by atoms with E-state index in [1.807, 2.05) is 18.2 Å². The van der Waals surface area contributed by atoms with Crippen molar-refractivity contribution < 1.29 is 15.0 Å². The van der Waals surface area contributed by atoms with Crippen LogP contribution in [0.4, 0.5) is 0 Å². The van der Waals surface area contributed by atoms with Crippen LogP contribution in [0.3, 0.4) is 0 Å². The van der Waals surface area contributed by atoms with E-state index in [0.29, 0.717) is 0 Å². The van der Waals surface area contributed by atoms with Crippen LogP contribution in [0.25, 0.3) is 0 Å². The minimum Gasteiger partial charge on any atom is -0.481 e. The molecule has 0 saturated heterocycles. The summed E-state index contributed by atoms with van der Waals surface area (Å²) >= 11 is 0. The lowest BCUT2D eigenvalue weighted by molar-refractivity contribution is -0.139. The molecule has 1 aromatic carbocycles.